The van der Waals surface area contributed by atoms with E-state index in [1.54, 1.807) is 44.2 Å². The molecule has 0 saturated carbocycles. The molecule has 0 atom stereocenters. The van der Waals surface area contributed by atoms with Gasteiger partial charge in [-0.05, 0) is 26.0 Å². The third-order valence-electron chi connectivity index (χ3n) is 2.66. The Labute approximate surface area is 139 Å². The zero-order valence-electron chi connectivity index (χ0n) is 13.4. The van der Waals surface area contributed by atoms with E-state index in [4.69, 9.17) is 20.5 Å². The lowest BCUT2D eigenvalue weighted by atomic mass is 10.1. The molecule has 1 aromatic rings. The van der Waals surface area contributed by atoms with Crippen LogP contribution in [0.5, 0.6) is 0 Å². The normalized spacial score (nSPS) is 11.8. The van der Waals surface area contributed by atoms with Gasteiger partial charge >= 0.3 is 11.9 Å². The second kappa shape index (κ2) is 9.63. The Bertz CT molecular complexity index is 690. The van der Waals surface area contributed by atoms with Crippen molar-refractivity contribution in [2.24, 2.45) is 10.8 Å². The van der Waals surface area contributed by atoms with Gasteiger partial charge in [0.25, 0.3) is 0 Å². The summed E-state index contributed by atoms with van der Waals surface area (Å²) in [5, 5.41) is 13.0. The summed E-state index contributed by atoms with van der Waals surface area (Å²) in [5.74, 6) is -1.80. The molecule has 0 aliphatic carbocycles. The summed E-state index contributed by atoms with van der Waals surface area (Å²) in [6.45, 7) is 3.33. The molecule has 8 heteroatoms. The van der Waals surface area contributed by atoms with Gasteiger partial charge in [-0.1, -0.05) is 18.2 Å². The molecule has 0 unspecified atom stereocenters. The van der Waals surface area contributed by atoms with Gasteiger partial charge in [0, 0.05) is 0 Å². The average molecular weight is 330 g/mol. The Morgan fingerprint density at radius 2 is 1.75 bits per heavy atom. The predicted molar refractivity (Wildman–Crippen MR) is 87.6 cm³/mol. The van der Waals surface area contributed by atoms with Crippen LogP contribution in [0.3, 0.4) is 0 Å². The molecule has 0 aromatic heterocycles. The molecule has 0 heterocycles. The van der Waals surface area contributed by atoms with Crippen LogP contribution in [0, 0.1) is 11.3 Å². The number of anilines is 1. The number of carbonyl (C=O) groups is 2. The fourth-order valence-corrected chi connectivity index (χ4v) is 1.59. The molecule has 0 aliphatic rings. The monoisotopic (exact) mass is 330 g/mol. The lowest BCUT2D eigenvalue weighted by Crippen LogP contribution is -2.28. The molecule has 24 heavy (non-hydrogen) atoms. The van der Waals surface area contributed by atoms with Crippen molar-refractivity contribution < 1.29 is 19.1 Å². The summed E-state index contributed by atoms with van der Waals surface area (Å²) < 4.78 is 9.60. The SMILES string of the molecule is CCOC(=O)C(=N\Nc1ccccc1)/C(N)=C(\C#N)C(=O)OCC. The number of hydrazone groups is 1. The van der Waals surface area contributed by atoms with Crippen molar-refractivity contribution in [2.75, 3.05) is 18.6 Å². The molecule has 8 nitrogen and oxygen atoms in total. The highest BCUT2D eigenvalue weighted by Crippen LogP contribution is 2.09. The Morgan fingerprint density at radius 1 is 1.17 bits per heavy atom. The van der Waals surface area contributed by atoms with E-state index in [-0.39, 0.29) is 18.9 Å². The minimum Gasteiger partial charge on any atom is -0.462 e. The third kappa shape index (κ3) is 5.14. The molecule has 1 aromatic carbocycles. The number of ether oxygens (including phenoxy) is 2. The summed E-state index contributed by atoms with van der Waals surface area (Å²) in [4.78, 5) is 23.8. The van der Waals surface area contributed by atoms with Crippen LogP contribution in [-0.2, 0) is 19.1 Å². The highest BCUT2D eigenvalue weighted by Gasteiger charge is 2.24. The molecular weight excluding hydrogens is 312 g/mol. The maximum Gasteiger partial charge on any atom is 0.360 e. The number of carbonyl (C=O) groups excluding carboxylic acids is 2. The second-order valence-corrected chi connectivity index (χ2v) is 4.28. The summed E-state index contributed by atoms with van der Waals surface area (Å²) in [5.41, 5.74) is 7.68. The van der Waals surface area contributed by atoms with Crippen LogP contribution in [0.1, 0.15) is 13.8 Å². The Morgan fingerprint density at radius 3 is 2.29 bits per heavy atom. The first-order valence-electron chi connectivity index (χ1n) is 7.18. The maximum atomic E-state index is 12.0. The highest BCUT2D eigenvalue weighted by molar-refractivity contribution is 6.44. The van der Waals surface area contributed by atoms with E-state index in [0.29, 0.717) is 5.69 Å². The Hall–Kier alpha value is -3.34. The second-order valence-electron chi connectivity index (χ2n) is 4.28. The van der Waals surface area contributed by atoms with Gasteiger partial charge in [0.15, 0.2) is 11.3 Å². The first kappa shape index (κ1) is 18.7. The number of hydrogen-bond donors (Lipinski definition) is 2. The smallest absolute Gasteiger partial charge is 0.360 e. The number of hydrogen-bond acceptors (Lipinski definition) is 8. The Balaban J connectivity index is 3.23. The molecule has 0 fully saturated rings. The van der Waals surface area contributed by atoms with Crippen molar-refractivity contribution >= 4 is 23.3 Å². The number of nitrogens with two attached hydrogens (primary N) is 1. The number of rotatable bonds is 7. The number of nitriles is 1. The van der Waals surface area contributed by atoms with Crippen molar-refractivity contribution in [3.8, 4) is 6.07 Å². The molecule has 0 amide bonds. The molecule has 126 valence electrons. The molecule has 0 radical (unpaired) electrons. The zero-order valence-corrected chi connectivity index (χ0v) is 13.4. The quantitative estimate of drug-likeness (QED) is 0.254. The fourth-order valence-electron chi connectivity index (χ4n) is 1.59. The molecule has 0 aliphatic heterocycles. The van der Waals surface area contributed by atoms with Crippen LogP contribution < -0.4 is 11.2 Å². The minimum absolute atomic E-state index is 0.0610. The first-order valence-corrected chi connectivity index (χ1v) is 7.18. The van der Waals surface area contributed by atoms with Gasteiger partial charge in [-0.3, -0.25) is 5.43 Å². The van der Waals surface area contributed by atoms with Crippen molar-refractivity contribution in [2.45, 2.75) is 13.8 Å². The van der Waals surface area contributed by atoms with E-state index in [1.807, 2.05) is 6.07 Å². The molecule has 0 bridgehead atoms. The van der Waals surface area contributed by atoms with Crippen molar-refractivity contribution in [1.82, 2.24) is 0 Å². The van der Waals surface area contributed by atoms with Gasteiger partial charge in [-0.25, -0.2) is 9.59 Å². The Kier molecular flexibility index (Phi) is 7.51. The topological polar surface area (TPSA) is 127 Å². The lowest BCUT2D eigenvalue weighted by molar-refractivity contribution is -0.138. The van der Waals surface area contributed by atoms with Gasteiger partial charge in [0.2, 0.25) is 0 Å². The summed E-state index contributed by atoms with van der Waals surface area (Å²) in [6, 6.07) is 10.4. The largest absolute Gasteiger partial charge is 0.462 e. The molecule has 0 spiro atoms. The van der Waals surface area contributed by atoms with Crippen LogP contribution in [0.4, 0.5) is 5.69 Å². The van der Waals surface area contributed by atoms with Crippen LogP contribution in [0.2, 0.25) is 0 Å². The number of nitrogens with one attached hydrogen (secondary N) is 1. The number of para-hydroxylation sites is 1. The maximum absolute atomic E-state index is 12.0. The van der Waals surface area contributed by atoms with Gasteiger partial charge < -0.3 is 15.2 Å². The van der Waals surface area contributed by atoms with Gasteiger partial charge in [0.05, 0.1) is 24.6 Å². The van der Waals surface area contributed by atoms with E-state index >= 15 is 0 Å². The minimum atomic E-state index is -0.936. The van der Waals surface area contributed by atoms with E-state index in [9.17, 15) is 9.59 Å². The summed E-state index contributed by atoms with van der Waals surface area (Å²) >= 11 is 0. The van der Waals surface area contributed by atoms with Crippen LogP contribution in [0.25, 0.3) is 0 Å². The number of esters is 2. The van der Waals surface area contributed by atoms with Gasteiger partial charge in [-0.15, -0.1) is 0 Å². The fraction of sp³-hybridized carbons (Fsp3) is 0.250. The molecular formula is C16H18N4O4. The average Bonchev–Trinajstić information content (AvgIpc) is 2.57. The standard InChI is InChI=1S/C16H18N4O4/c1-3-23-15(21)12(10-17)13(18)14(16(22)24-4-2)20-19-11-8-6-5-7-9-11/h5-9,19H,3-4,18H2,1-2H3/b13-12-,20-14-. The van der Waals surface area contributed by atoms with Gasteiger partial charge in [0.1, 0.15) is 6.07 Å². The molecule has 1 rings (SSSR count). The predicted octanol–water partition coefficient (Wildman–Crippen LogP) is 1.32. The highest BCUT2D eigenvalue weighted by atomic mass is 16.5. The van der Waals surface area contributed by atoms with E-state index in [0.717, 1.165) is 0 Å². The first-order chi connectivity index (χ1) is 11.5. The van der Waals surface area contributed by atoms with Crippen molar-refractivity contribution in [1.29, 1.82) is 5.26 Å². The zero-order chi connectivity index (χ0) is 17.9. The van der Waals surface area contributed by atoms with E-state index < -0.39 is 23.2 Å². The summed E-state index contributed by atoms with van der Waals surface area (Å²) in [6.07, 6.45) is 0. The summed E-state index contributed by atoms with van der Waals surface area (Å²) in [7, 11) is 0. The van der Waals surface area contributed by atoms with E-state index in [1.165, 1.54) is 0 Å². The van der Waals surface area contributed by atoms with Crippen LogP contribution >= 0.6 is 0 Å². The molecule has 0 saturated heterocycles. The third-order valence-corrected chi connectivity index (χ3v) is 2.66. The van der Waals surface area contributed by atoms with E-state index in [2.05, 4.69) is 10.5 Å². The van der Waals surface area contributed by atoms with Crippen molar-refractivity contribution in [3.05, 3.63) is 41.6 Å². The molecule has 3 N–H and O–H groups in total. The van der Waals surface area contributed by atoms with Gasteiger partial charge in [-0.2, -0.15) is 10.4 Å². The van der Waals surface area contributed by atoms with Crippen LogP contribution in [-0.4, -0.2) is 30.9 Å². The number of nitrogens with zero attached hydrogens (tertiary/aromatic N) is 2. The van der Waals surface area contributed by atoms with Crippen LogP contribution in [0.15, 0.2) is 46.7 Å². The number of benzene rings is 1. The lowest BCUT2D eigenvalue weighted by Gasteiger charge is -2.09. The van der Waals surface area contributed by atoms with Crippen molar-refractivity contribution in [3.63, 3.8) is 0 Å².